The summed E-state index contributed by atoms with van der Waals surface area (Å²) in [5, 5.41) is 6.84. The monoisotopic (exact) mass is 313 g/mol. The fourth-order valence-electron chi connectivity index (χ4n) is 3.40. The molecule has 1 aromatic heterocycles. The lowest BCUT2D eigenvalue weighted by molar-refractivity contribution is 0.0553. The van der Waals surface area contributed by atoms with Gasteiger partial charge in [0.15, 0.2) is 9.84 Å². The predicted octanol–water partition coefficient (Wildman–Crippen LogP) is 1.03. The molecular weight excluding hydrogens is 290 g/mol. The molecule has 1 N–H and O–H groups in total. The predicted molar refractivity (Wildman–Crippen MR) is 79.0 cm³/mol. The molecule has 0 aromatic carbocycles. The molecule has 6 nitrogen and oxygen atoms in total. The molecule has 7 heteroatoms. The summed E-state index contributed by atoms with van der Waals surface area (Å²) in [6.07, 6.45) is 5.95. The maximum atomic E-state index is 11.8. The van der Waals surface area contributed by atoms with E-state index < -0.39 is 9.84 Å². The van der Waals surface area contributed by atoms with Gasteiger partial charge in [0.1, 0.15) is 4.90 Å². The molecule has 0 aliphatic carbocycles. The number of H-pyrrole nitrogens is 1. The van der Waals surface area contributed by atoms with Crippen molar-refractivity contribution in [3.63, 3.8) is 0 Å². The maximum absolute atomic E-state index is 11.8. The van der Waals surface area contributed by atoms with Crippen molar-refractivity contribution in [2.45, 2.75) is 30.1 Å². The molecule has 0 saturated carbocycles. The van der Waals surface area contributed by atoms with E-state index in [2.05, 4.69) is 15.1 Å². The van der Waals surface area contributed by atoms with E-state index in [1.54, 1.807) is 0 Å². The quantitative estimate of drug-likeness (QED) is 0.898. The molecule has 0 unspecified atom stereocenters. The minimum atomic E-state index is -3.20. The number of aromatic nitrogens is 2. The van der Waals surface area contributed by atoms with E-state index in [1.165, 1.54) is 12.5 Å². The first kappa shape index (κ1) is 15.0. The van der Waals surface area contributed by atoms with Gasteiger partial charge in [0.2, 0.25) is 0 Å². The maximum Gasteiger partial charge on any atom is 0.178 e. The highest BCUT2D eigenvalue weighted by atomic mass is 32.2. The zero-order chi connectivity index (χ0) is 14.9. The Morgan fingerprint density at radius 2 is 2.14 bits per heavy atom. The van der Waals surface area contributed by atoms with Gasteiger partial charge in [-0.15, -0.1) is 0 Å². The summed E-state index contributed by atoms with van der Waals surface area (Å²) in [4.78, 5) is 2.81. The molecule has 2 saturated heterocycles. The summed E-state index contributed by atoms with van der Waals surface area (Å²) in [6, 6.07) is 0. The second kappa shape index (κ2) is 6.06. The summed E-state index contributed by atoms with van der Waals surface area (Å²) < 4.78 is 29.0. The minimum absolute atomic E-state index is 0.247. The van der Waals surface area contributed by atoms with Gasteiger partial charge in [-0.2, -0.15) is 5.10 Å². The van der Waals surface area contributed by atoms with Crippen molar-refractivity contribution in [3.05, 3.63) is 11.9 Å². The Labute approximate surface area is 125 Å². The molecule has 0 amide bonds. The van der Waals surface area contributed by atoms with E-state index in [0.29, 0.717) is 10.8 Å². The van der Waals surface area contributed by atoms with Crippen molar-refractivity contribution in [1.82, 2.24) is 15.1 Å². The average molecular weight is 313 g/mol. The summed E-state index contributed by atoms with van der Waals surface area (Å²) >= 11 is 0. The molecule has 118 valence electrons. The Morgan fingerprint density at radius 1 is 1.38 bits per heavy atom. The number of aromatic amines is 1. The largest absolute Gasteiger partial charge is 0.381 e. The molecule has 3 rings (SSSR count). The van der Waals surface area contributed by atoms with Gasteiger partial charge in [0.25, 0.3) is 0 Å². The van der Waals surface area contributed by atoms with Crippen molar-refractivity contribution in [2.24, 2.45) is 5.92 Å². The molecule has 0 radical (unpaired) electrons. The molecule has 2 fully saturated rings. The van der Waals surface area contributed by atoms with Crippen LogP contribution in [-0.4, -0.2) is 62.6 Å². The van der Waals surface area contributed by atoms with Gasteiger partial charge in [0, 0.05) is 38.5 Å². The lowest BCUT2D eigenvalue weighted by Gasteiger charge is -2.26. The van der Waals surface area contributed by atoms with Crippen LogP contribution in [0.1, 0.15) is 30.9 Å². The first-order valence-corrected chi connectivity index (χ1v) is 9.46. The second-order valence-electron chi connectivity index (χ2n) is 6.22. The zero-order valence-corrected chi connectivity index (χ0v) is 13.2. The molecule has 0 spiro atoms. The number of nitrogens with one attached hydrogen (secondary N) is 1. The van der Waals surface area contributed by atoms with Crippen molar-refractivity contribution in [3.8, 4) is 0 Å². The molecule has 2 aliphatic heterocycles. The van der Waals surface area contributed by atoms with Gasteiger partial charge >= 0.3 is 0 Å². The normalized spacial score (nSPS) is 25.5. The van der Waals surface area contributed by atoms with Crippen LogP contribution < -0.4 is 0 Å². The Kier molecular flexibility index (Phi) is 4.33. The smallest absolute Gasteiger partial charge is 0.178 e. The van der Waals surface area contributed by atoms with Crippen LogP contribution in [0.15, 0.2) is 11.1 Å². The Balaban J connectivity index is 1.63. The number of rotatable bonds is 4. The van der Waals surface area contributed by atoms with E-state index in [0.717, 1.165) is 57.8 Å². The summed E-state index contributed by atoms with van der Waals surface area (Å²) in [5.41, 5.74) is 0.784. The van der Waals surface area contributed by atoms with Gasteiger partial charge in [-0.1, -0.05) is 0 Å². The summed E-state index contributed by atoms with van der Waals surface area (Å²) in [7, 11) is -3.20. The third-order valence-corrected chi connectivity index (χ3v) is 5.69. The SMILES string of the molecule is CS(=O)(=O)c1cn[nH]c1[C@H]1CCN(CC2CCOCC2)C1. The van der Waals surface area contributed by atoms with Gasteiger partial charge in [-0.05, 0) is 31.7 Å². The summed E-state index contributed by atoms with van der Waals surface area (Å²) in [6.45, 7) is 4.80. The highest BCUT2D eigenvalue weighted by Crippen LogP contribution is 2.31. The van der Waals surface area contributed by atoms with Crippen LogP contribution >= 0.6 is 0 Å². The molecule has 1 aromatic rings. The Hall–Kier alpha value is -0.920. The number of ether oxygens (including phenoxy) is 1. The van der Waals surface area contributed by atoms with E-state index in [9.17, 15) is 8.42 Å². The molecular formula is C14H23N3O3S. The van der Waals surface area contributed by atoms with Crippen molar-refractivity contribution in [1.29, 1.82) is 0 Å². The number of sulfone groups is 1. The second-order valence-corrected chi connectivity index (χ2v) is 8.21. The van der Waals surface area contributed by atoms with E-state index >= 15 is 0 Å². The third kappa shape index (κ3) is 3.46. The van der Waals surface area contributed by atoms with Crippen LogP contribution in [-0.2, 0) is 14.6 Å². The topological polar surface area (TPSA) is 75.3 Å². The fraction of sp³-hybridized carbons (Fsp3) is 0.786. The van der Waals surface area contributed by atoms with Crippen molar-refractivity contribution < 1.29 is 13.2 Å². The lowest BCUT2D eigenvalue weighted by atomic mass is 10.00. The summed E-state index contributed by atoms with van der Waals surface area (Å²) in [5.74, 6) is 0.964. The average Bonchev–Trinajstić information content (AvgIpc) is 3.07. The minimum Gasteiger partial charge on any atom is -0.381 e. The highest BCUT2D eigenvalue weighted by molar-refractivity contribution is 7.90. The van der Waals surface area contributed by atoms with E-state index in [1.807, 2.05) is 0 Å². The molecule has 2 aliphatic rings. The highest BCUT2D eigenvalue weighted by Gasteiger charge is 2.30. The van der Waals surface area contributed by atoms with Crippen LogP contribution in [0.4, 0.5) is 0 Å². The standard InChI is InChI=1S/C14H23N3O3S/c1-21(18,19)13-8-15-16-14(13)12-2-5-17(10-12)9-11-3-6-20-7-4-11/h8,11-12H,2-7,9-10H2,1H3,(H,15,16)/t12-/m0/s1. The number of hydrogen-bond acceptors (Lipinski definition) is 5. The molecule has 3 heterocycles. The number of nitrogens with zero attached hydrogens (tertiary/aromatic N) is 2. The van der Waals surface area contributed by atoms with Crippen LogP contribution in [0.2, 0.25) is 0 Å². The van der Waals surface area contributed by atoms with Gasteiger partial charge in [-0.3, -0.25) is 5.10 Å². The molecule has 0 bridgehead atoms. The Bertz CT molecular complexity index is 578. The number of hydrogen-bond donors (Lipinski definition) is 1. The van der Waals surface area contributed by atoms with Crippen LogP contribution in [0, 0.1) is 5.92 Å². The fourth-order valence-corrected chi connectivity index (χ4v) is 4.26. The van der Waals surface area contributed by atoms with Crippen molar-refractivity contribution >= 4 is 9.84 Å². The zero-order valence-electron chi connectivity index (χ0n) is 12.4. The van der Waals surface area contributed by atoms with Gasteiger partial charge < -0.3 is 9.64 Å². The van der Waals surface area contributed by atoms with Gasteiger partial charge in [-0.25, -0.2) is 8.42 Å². The van der Waals surface area contributed by atoms with Crippen molar-refractivity contribution in [2.75, 3.05) is 39.1 Å². The van der Waals surface area contributed by atoms with E-state index in [-0.39, 0.29) is 5.92 Å². The van der Waals surface area contributed by atoms with Gasteiger partial charge in [0.05, 0.1) is 11.9 Å². The van der Waals surface area contributed by atoms with Crippen LogP contribution in [0.3, 0.4) is 0 Å². The Morgan fingerprint density at radius 3 is 2.86 bits per heavy atom. The lowest BCUT2D eigenvalue weighted by Crippen LogP contribution is -2.30. The molecule has 1 atom stereocenters. The molecule has 21 heavy (non-hydrogen) atoms. The van der Waals surface area contributed by atoms with Crippen LogP contribution in [0.25, 0.3) is 0 Å². The first-order valence-electron chi connectivity index (χ1n) is 7.57. The number of likely N-dealkylation sites (tertiary alicyclic amines) is 1. The van der Waals surface area contributed by atoms with E-state index in [4.69, 9.17) is 4.74 Å². The third-order valence-electron chi connectivity index (χ3n) is 4.57. The van der Waals surface area contributed by atoms with Crippen LogP contribution in [0.5, 0.6) is 0 Å². The first-order chi connectivity index (χ1) is 10.0.